The number of para-hydroxylation sites is 2. The van der Waals surface area contributed by atoms with Gasteiger partial charge in [0.25, 0.3) is 5.91 Å². The van der Waals surface area contributed by atoms with Gasteiger partial charge in [-0.2, -0.15) is 0 Å². The Balaban J connectivity index is 1.55. The predicted octanol–water partition coefficient (Wildman–Crippen LogP) is 4.80. The maximum absolute atomic E-state index is 12.5. The molecule has 3 aromatic carbocycles. The zero-order valence-corrected chi connectivity index (χ0v) is 16.8. The van der Waals surface area contributed by atoms with E-state index in [2.05, 4.69) is 10.3 Å². The maximum Gasteiger partial charge on any atom is 0.255 e. The van der Waals surface area contributed by atoms with Gasteiger partial charge in [0.15, 0.2) is 15.4 Å². The van der Waals surface area contributed by atoms with Crippen molar-refractivity contribution in [3.63, 3.8) is 0 Å². The molecule has 0 atom stereocenters. The minimum absolute atomic E-state index is 0.0757. The van der Waals surface area contributed by atoms with E-state index in [9.17, 15) is 13.2 Å². The molecule has 0 saturated heterocycles. The van der Waals surface area contributed by atoms with Crippen molar-refractivity contribution in [1.82, 2.24) is 4.98 Å². The van der Waals surface area contributed by atoms with Crippen LogP contribution in [0.4, 0.5) is 5.69 Å². The minimum Gasteiger partial charge on any atom is -0.436 e. The summed E-state index contributed by atoms with van der Waals surface area (Å²) < 4.78 is 29.3. The van der Waals surface area contributed by atoms with E-state index in [0.717, 1.165) is 17.3 Å². The number of amides is 1. The van der Waals surface area contributed by atoms with Crippen molar-refractivity contribution in [1.29, 1.82) is 0 Å². The smallest absolute Gasteiger partial charge is 0.255 e. The third-order valence-electron chi connectivity index (χ3n) is 4.28. The van der Waals surface area contributed by atoms with E-state index in [-0.39, 0.29) is 15.5 Å². The molecule has 0 aliphatic heterocycles. The summed E-state index contributed by atoms with van der Waals surface area (Å²) in [4.78, 5) is 16.9. The average Bonchev–Trinajstić information content (AvgIpc) is 3.12. The van der Waals surface area contributed by atoms with E-state index < -0.39 is 15.7 Å². The summed E-state index contributed by atoms with van der Waals surface area (Å²) in [5.41, 5.74) is 2.97. The Kier molecular flexibility index (Phi) is 4.86. The maximum atomic E-state index is 12.5. The zero-order chi connectivity index (χ0) is 20.6. The fourth-order valence-electron chi connectivity index (χ4n) is 2.82. The quantitative estimate of drug-likeness (QED) is 0.506. The second kappa shape index (κ2) is 7.35. The van der Waals surface area contributed by atoms with Crippen LogP contribution in [-0.4, -0.2) is 25.6 Å². The fraction of sp³-hybridized carbons (Fsp3) is 0.0476. The van der Waals surface area contributed by atoms with Crippen molar-refractivity contribution in [2.24, 2.45) is 0 Å². The number of rotatable bonds is 4. The predicted molar refractivity (Wildman–Crippen MR) is 112 cm³/mol. The second-order valence-electron chi connectivity index (χ2n) is 6.44. The van der Waals surface area contributed by atoms with Gasteiger partial charge in [-0.05, 0) is 54.6 Å². The first kappa shape index (κ1) is 19.2. The molecule has 6 nitrogen and oxygen atoms in total. The number of oxazole rings is 1. The van der Waals surface area contributed by atoms with Crippen LogP contribution in [0, 0.1) is 0 Å². The number of hydrogen-bond donors (Lipinski definition) is 1. The lowest BCUT2D eigenvalue weighted by Crippen LogP contribution is -2.13. The number of nitrogens with zero attached hydrogens (tertiary/aromatic N) is 1. The molecule has 0 unspecified atom stereocenters. The molecule has 1 heterocycles. The first-order valence-corrected chi connectivity index (χ1v) is 10.9. The van der Waals surface area contributed by atoms with Crippen LogP contribution in [0.5, 0.6) is 0 Å². The van der Waals surface area contributed by atoms with Crippen molar-refractivity contribution in [3.8, 4) is 11.5 Å². The lowest BCUT2D eigenvalue weighted by atomic mass is 10.2. The number of carbonyl (C=O) groups excluding carboxylic acids is 1. The summed E-state index contributed by atoms with van der Waals surface area (Å²) >= 11 is 5.92. The monoisotopic (exact) mass is 426 g/mol. The highest BCUT2D eigenvalue weighted by atomic mass is 35.5. The van der Waals surface area contributed by atoms with E-state index in [1.54, 1.807) is 24.3 Å². The van der Waals surface area contributed by atoms with E-state index in [1.807, 2.05) is 24.3 Å². The highest BCUT2D eigenvalue weighted by Gasteiger charge is 2.16. The van der Waals surface area contributed by atoms with Gasteiger partial charge in [0, 0.05) is 23.1 Å². The van der Waals surface area contributed by atoms with Crippen molar-refractivity contribution in [2.45, 2.75) is 4.90 Å². The molecule has 0 bridgehead atoms. The average molecular weight is 427 g/mol. The molecule has 4 rings (SSSR count). The van der Waals surface area contributed by atoms with Crippen molar-refractivity contribution in [2.75, 3.05) is 11.6 Å². The van der Waals surface area contributed by atoms with Gasteiger partial charge in [-0.25, -0.2) is 13.4 Å². The summed E-state index contributed by atoms with van der Waals surface area (Å²) in [7, 11) is -3.54. The van der Waals surface area contributed by atoms with E-state index in [0.29, 0.717) is 17.2 Å². The third-order valence-corrected chi connectivity index (χ3v) is 5.85. The van der Waals surface area contributed by atoms with Crippen molar-refractivity contribution >= 4 is 44.1 Å². The number of nitrogens with one attached hydrogen (secondary N) is 1. The van der Waals surface area contributed by atoms with Gasteiger partial charge in [0.1, 0.15) is 5.52 Å². The van der Waals surface area contributed by atoms with E-state index >= 15 is 0 Å². The van der Waals surface area contributed by atoms with Gasteiger partial charge in [-0.3, -0.25) is 4.79 Å². The van der Waals surface area contributed by atoms with E-state index in [1.165, 1.54) is 18.2 Å². The molecule has 0 radical (unpaired) electrons. The lowest BCUT2D eigenvalue weighted by molar-refractivity contribution is 0.102. The molecule has 29 heavy (non-hydrogen) atoms. The first-order valence-electron chi connectivity index (χ1n) is 8.58. The third kappa shape index (κ3) is 4.01. The van der Waals surface area contributed by atoms with Gasteiger partial charge < -0.3 is 9.73 Å². The Bertz CT molecular complexity index is 1300. The van der Waals surface area contributed by atoms with Gasteiger partial charge in [0.2, 0.25) is 5.89 Å². The number of benzene rings is 3. The molecule has 1 aromatic heterocycles. The Labute approximate surface area is 172 Å². The van der Waals surface area contributed by atoms with Crippen LogP contribution in [0.2, 0.25) is 5.02 Å². The summed E-state index contributed by atoms with van der Waals surface area (Å²) in [5.74, 6) is 0.0424. The van der Waals surface area contributed by atoms with Gasteiger partial charge in [-0.15, -0.1) is 0 Å². The van der Waals surface area contributed by atoms with Crippen LogP contribution >= 0.6 is 11.6 Å². The number of aromatic nitrogens is 1. The zero-order valence-electron chi connectivity index (χ0n) is 15.2. The number of carbonyl (C=O) groups is 1. The normalized spacial score (nSPS) is 11.5. The number of fused-ring (bicyclic) bond motifs is 1. The molecule has 0 spiro atoms. The van der Waals surface area contributed by atoms with E-state index in [4.69, 9.17) is 16.0 Å². The van der Waals surface area contributed by atoms with Crippen LogP contribution < -0.4 is 5.32 Å². The highest BCUT2D eigenvalue weighted by molar-refractivity contribution is 7.90. The van der Waals surface area contributed by atoms with Crippen LogP contribution in [0.15, 0.2) is 76.0 Å². The molecular formula is C21H15ClN2O4S. The molecule has 8 heteroatoms. The number of sulfone groups is 1. The number of anilines is 1. The summed E-state index contributed by atoms with van der Waals surface area (Å²) in [6.45, 7) is 0. The summed E-state index contributed by atoms with van der Waals surface area (Å²) in [6.07, 6.45) is 1.04. The largest absolute Gasteiger partial charge is 0.436 e. The van der Waals surface area contributed by atoms with Gasteiger partial charge >= 0.3 is 0 Å². The molecule has 146 valence electrons. The highest BCUT2D eigenvalue weighted by Crippen LogP contribution is 2.26. The molecule has 0 saturated carbocycles. The molecule has 1 N–H and O–H groups in total. The summed E-state index contributed by atoms with van der Waals surface area (Å²) in [6, 6.07) is 18.6. The second-order valence-corrected chi connectivity index (χ2v) is 8.83. The van der Waals surface area contributed by atoms with Crippen LogP contribution in [0.25, 0.3) is 22.6 Å². The molecule has 0 aliphatic rings. The SMILES string of the molecule is CS(=O)(=O)c1cc(C(=O)Nc2ccc(-c3nc4ccccc4o3)cc2)ccc1Cl. The molecule has 0 fully saturated rings. The van der Waals surface area contributed by atoms with Crippen molar-refractivity contribution in [3.05, 3.63) is 77.3 Å². The number of halogens is 1. The molecule has 1 amide bonds. The van der Waals surface area contributed by atoms with Crippen LogP contribution in [0.3, 0.4) is 0 Å². The minimum atomic E-state index is -3.54. The molecular weight excluding hydrogens is 412 g/mol. The first-order chi connectivity index (χ1) is 13.8. The Morgan fingerprint density at radius 1 is 1.03 bits per heavy atom. The van der Waals surface area contributed by atoms with Crippen molar-refractivity contribution < 1.29 is 17.6 Å². The van der Waals surface area contributed by atoms with Crippen LogP contribution in [0.1, 0.15) is 10.4 Å². The lowest BCUT2D eigenvalue weighted by Gasteiger charge is -2.08. The summed E-state index contributed by atoms with van der Waals surface area (Å²) in [5, 5.41) is 2.81. The van der Waals surface area contributed by atoms with Gasteiger partial charge in [0.05, 0.1) is 9.92 Å². The molecule has 4 aromatic rings. The fourth-order valence-corrected chi connectivity index (χ4v) is 4.13. The number of hydrogen-bond acceptors (Lipinski definition) is 5. The Morgan fingerprint density at radius 2 is 1.76 bits per heavy atom. The standard InChI is InChI=1S/C21H15ClN2O4S/c1-29(26,27)19-12-14(8-11-16(19)22)20(25)23-15-9-6-13(7-10-15)21-24-17-4-2-3-5-18(17)28-21/h2-12H,1H3,(H,23,25). The topological polar surface area (TPSA) is 89.3 Å². The van der Waals surface area contributed by atoms with Gasteiger partial charge in [-0.1, -0.05) is 23.7 Å². The van der Waals surface area contributed by atoms with Crippen LogP contribution in [-0.2, 0) is 9.84 Å². The Hall–Kier alpha value is -3.16. The molecule has 0 aliphatic carbocycles. The Morgan fingerprint density at radius 3 is 2.45 bits per heavy atom.